The highest BCUT2D eigenvalue weighted by Crippen LogP contribution is 2.17. The Morgan fingerprint density at radius 2 is 1.93 bits per heavy atom. The minimum atomic E-state index is -3.82. The summed E-state index contributed by atoms with van der Waals surface area (Å²) in [4.78, 5) is 12.4. The molecule has 0 aliphatic rings. The number of H-pyrrole nitrogens is 1. The molecule has 0 atom stereocenters. The van der Waals surface area contributed by atoms with E-state index in [1.807, 2.05) is 19.1 Å². The van der Waals surface area contributed by atoms with Gasteiger partial charge in [-0.2, -0.15) is 5.10 Å². The topological polar surface area (TPSA) is 109 Å². The fourth-order valence-electron chi connectivity index (χ4n) is 2.44. The van der Waals surface area contributed by atoms with Crippen LogP contribution in [0.15, 0.2) is 53.4 Å². The van der Waals surface area contributed by atoms with Crippen molar-refractivity contribution in [2.45, 2.75) is 18.4 Å². The molecule has 3 N–H and O–H groups in total. The highest BCUT2D eigenvalue weighted by molar-refractivity contribution is 7.92. The van der Waals surface area contributed by atoms with E-state index in [0.29, 0.717) is 16.3 Å². The number of carbonyl (C=O) groups excluding carboxylic acids is 1. The number of aryl methyl sites for hydroxylation is 1. The number of aromatic nitrogens is 3. The van der Waals surface area contributed by atoms with Crippen LogP contribution < -0.4 is 10.0 Å². The summed E-state index contributed by atoms with van der Waals surface area (Å²) in [6.45, 7) is 2.07. The van der Waals surface area contributed by atoms with Crippen molar-refractivity contribution in [2.75, 3.05) is 4.72 Å². The van der Waals surface area contributed by atoms with E-state index in [9.17, 15) is 13.2 Å². The Bertz CT molecular complexity index is 1160. The van der Waals surface area contributed by atoms with E-state index in [-0.39, 0.29) is 17.0 Å². The average Bonchev–Trinajstić information content (AvgIpc) is 3.00. The Hall–Kier alpha value is -2.98. The van der Waals surface area contributed by atoms with Crippen LogP contribution in [0, 0.1) is 11.7 Å². The SMILES string of the molecule is Cc1ccc(NS(=O)(=O)c2cccc(C(=O)NCc3n[nH]c(=S)n3C)c2)cc1. The number of nitrogens with zero attached hydrogens (tertiary/aromatic N) is 2. The molecular weight excluding hydrogens is 398 g/mol. The van der Waals surface area contributed by atoms with Crippen molar-refractivity contribution in [1.29, 1.82) is 0 Å². The third kappa shape index (κ3) is 4.46. The summed E-state index contributed by atoms with van der Waals surface area (Å²) >= 11 is 5.02. The molecule has 3 aromatic rings. The maximum atomic E-state index is 12.6. The Balaban J connectivity index is 1.75. The van der Waals surface area contributed by atoms with E-state index < -0.39 is 15.9 Å². The lowest BCUT2D eigenvalue weighted by molar-refractivity contribution is 0.0949. The summed E-state index contributed by atoms with van der Waals surface area (Å²) in [5.74, 6) is 0.143. The third-order valence-corrected chi connectivity index (χ3v) is 5.83. The zero-order chi connectivity index (χ0) is 20.3. The summed E-state index contributed by atoms with van der Waals surface area (Å²) < 4.78 is 29.8. The second-order valence-corrected chi connectivity index (χ2v) is 8.26. The normalized spacial score (nSPS) is 11.2. The van der Waals surface area contributed by atoms with Crippen molar-refractivity contribution in [2.24, 2.45) is 7.05 Å². The van der Waals surface area contributed by atoms with Crippen molar-refractivity contribution in [3.63, 3.8) is 0 Å². The van der Waals surface area contributed by atoms with Gasteiger partial charge in [-0.25, -0.2) is 8.42 Å². The molecule has 0 spiro atoms. The summed E-state index contributed by atoms with van der Waals surface area (Å²) in [7, 11) is -2.08. The highest BCUT2D eigenvalue weighted by Gasteiger charge is 2.17. The van der Waals surface area contributed by atoms with Gasteiger partial charge in [-0.05, 0) is 49.5 Å². The lowest BCUT2D eigenvalue weighted by atomic mass is 10.2. The molecule has 1 amide bonds. The molecule has 3 rings (SSSR count). The summed E-state index contributed by atoms with van der Waals surface area (Å²) in [6, 6.07) is 12.8. The Labute approximate surface area is 167 Å². The van der Waals surface area contributed by atoms with Gasteiger partial charge in [0.25, 0.3) is 15.9 Å². The van der Waals surface area contributed by atoms with E-state index in [0.717, 1.165) is 5.56 Å². The molecule has 0 aliphatic heterocycles. The Morgan fingerprint density at radius 3 is 2.57 bits per heavy atom. The van der Waals surface area contributed by atoms with E-state index in [1.54, 1.807) is 29.8 Å². The first-order valence-electron chi connectivity index (χ1n) is 8.34. The molecule has 146 valence electrons. The molecule has 2 aromatic carbocycles. The maximum absolute atomic E-state index is 12.6. The van der Waals surface area contributed by atoms with Crippen LogP contribution >= 0.6 is 12.2 Å². The van der Waals surface area contributed by atoms with Gasteiger partial charge in [0.05, 0.1) is 11.4 Å². The minimum Gasteiger partial charge on any atom is -0.345 e. The molecule has 0 radical (unpaired) electrons. The number of hydrogen-bond donors (Lipinski definition) is 3. The van der Waals surface area contributed by atoms with E-state index in [2.05, 4.69) is 20.2 Å². The number of carbonyl (C=O) groups is 1. The first kappa shape index (κ1) is 19.8. The van der Waals surface area contributed by atoms with Gasteiger partial charge in [-0.3, -0.25) is 14.6 Å². The summed E-state index contributed by atoms with van der Waals surface area (Å²) in [6.07, 6.45) is 0. The number of rotatable bonds is 6. The molecular formula is C18H19N5O3S2. The first-order valence-corrected chi connectivity index (χ1v) is 10.2. The van der Waals surface area contributed by atoms with Gasteiger partial charge in [-0.1, -0.05) is 23.8 Å². The van der Waals surface area contributed by atoms with Crippen LogP contribution in [0.1, 0.15) is 21.7 Å². The third-order valence-electron chi connectivity index (χ3n) is 4.09. The van der Waals surface area contributed by atoms with Crippen molar-refractivity contribution in [1.82, 2.24) is 20.1 Å². The standard InChI is InChI=1S/C18H19N5O3S2/c1-12-6-8-14(9-7-12)22-28(25,26)15-5-3-4-13(10-15)17(24)19-11-16-20-21-18(27)23(16)2/h3-10,22H,11H2,1-2H3,(H,19,24)(H,21,27). The predicted octanol–water partition coefficient (Wildman–Crippen LogP) is 2.52. The van der Waals surface area contributed by atoms with E-state index in [4.69, 9.17) is 12.2 Å². The van der Waals surface area contributed by atoms with Gasteiger partial charge in [0.1, 0.15) is 0 Å². The van der Waals surface area contributed by atoms with Crippen LogP contribution in [0.3, 0.4) is 0 Å². The van der Waals surface area contributed by atoms with Gasteiger partial charge in [0.2, 0.25) is 0 Å². The summed E-state index contributed by atoms with van der Waals surface area (Å²) in [5, 5.41) is 9.35. The van der Waals surface area contributed by atoms with Crippen LogP contribution in [0.4, 0.5) is 5.69 Å². The van der Waals surface area contributed by atoms with Crippen LogP contribution in [0.5, 0.6) is 0 Å². The zero-order valence-corrected chi connectivity index (χ0v) is 16.9. The number of hydrogen-bond acceptors (Lipinski definition) is 5. The number of benzene rings is 2. The molecule has 0 bridgehead atoms. The summed E-state index contributed by atoms with van der Waals surface area (Å²) in [5.41, 5.74) is 1.70. The molecule has 1 aromatic heterocycles. The number of sulfonamides is 1. The second kappa shape index (κ2) is 7.95. The van der Waals surface area contributed by atoms with Crippen LogP contribution in [-0.2, 0) is 23.6 Å². The fourth-order valence-corrected chi connectivity index (χ4v) is 3.69. The van der Waals surface area contributed by atoms with Crippen molar-refractivity contribution in [3.05, 3.63) is 70.3 Å². The van der Waals surface area contributed by atoms with Gasteiger partial charge in [-0.15, -0.1) is 0 Å². The monoisotopic (exact) mass is 417 g/mol. The average molecular weight is 418 g/mol. The predicted molar refractivity (Wildman–Crippen MR) is 108 cm³/mol. The molecule has 0 saturated carbocycles. The van der Waals surface area contributed by atoms with Crippen LogP contribution in [0.25, 0.3) is 0 Å². The second-order valence-electron chi connectivity index (χ2n) is 6.19. The Kier molecular flexibility index (Phi) is 5.61. The molecule has 0 aliphatic carbocycles. The largest absolute Gasteiger partial charge is 0.345 e. The number of amides is 1. The molecule has 10 heteroatoms. The molecule has 0 unspecified atom stereocenters. The van der Waals surface area contributed by atoms with Crippen LogP contribution in [0.2, 0.25) is 0 Å². The van der Waals surface area contributed by atoms with Gasteiger partial charge < -0.3 is 9.88 Å². The number of anilines is 1. The van der Waals surface area contributed by atoms with Crippen molar-refractivity contribution in [3.8, 4) is 0 Å². The molecule has 0 fully saturated rings. The Morgan fingerprint density at radius 1 is 1.21 bits per heavy atom. The highest BCUT2D eigenvalue weighted by atomic mass is 32.2. The van der Waals surface area contributed by atoms with Gasteiger partial charge in [0.15, 0.2) is 10.6 Å². The quantitative estimate of drug-likeness (QED) is 0.534. The first-order chi connectivity index (χ1) is 13.3. The maximum Gasteiger partial charge on any atom is 0.261 e. The molecule has 1 heterocycles. The van der Waals surface area contributed by atoms with Crippen molar-refractivity contribution < 1.29 is 13.2 Å². The molecule has 8 nitrogen and oxygen atoms in total. The van der Waals surface area contributed by atoms with Crippen LogP contribution in [-0.4, -0.2) is 29.1 Å². The van der Waals surface area contributed by atoms with Crippen molar-refractivity contribution >= 4 is 33.8 Å². The van der Waals surface area contributed by atoms with Gasteiger partial charge in [0, 0.05) is 18.3 Å². The fraction of sp³-hybridized carbons (Fsp3) is 0.167. The zero-order valence-electron chi connectivity index (χ0n) is 15.3. The lowest BCUT2D eigenvalue weighted by Gasteiger charge is -2.10. The molecule has 0 saturated heterocycles. The minimum absolute atomic E-state index is 0.00102. The van der Waals surface area contributed by atoms with E-state index >= 15 is 0 Å². The lowest BCUT2D eigenvalue weighted by Crippen LogP contribution is -2.25. The van der Waals surface area contributed by atoms with E-state index in [1.165, 1.54) is 18.2 Å². The number of aromatic amines is 1. The van der Waals surface area contributed by atoms with Gasteiger partial charge >= 0.3 is 0 Å². The smallest absolute Gasteiger partial charge is 0.261 e. The number of nitrogens with one attached hydrogen (secondary N) is 3. The molecule has 28 heavy (non-hydrogen) atoms.